The van der Waals surface area contributed by atoms with Crippen molar-refractivity contribution in [1.82, 2.24) is 9.88 Å². The maximum absolute atomic E-state index is 12.3. The molecule has 1 N–H and O–H groups in total. The summed E-state index contributed by atoms with van der Waals surface area (Å²) in [7, 11) is 0. The molecule has 2 amide bonds. The summed E-state index contributed by atoms with van der Waals surface area (Å²) >= 11 is 0. The summed E-state index contributed by atoms with van der Waals surface area (Å²) in [4.78, 5) is 18.1. The van der Waals surface area contributed by atoms with Crippen molar-refractivity contribution >= 4 is 11.7 Å². The number of anilines is 1. The first-order chi connectivity index (χ1) is 9.79. The van der Waals surface area contributed by atoms with Crippen LogP contribution in [0.5, 0.6) is 0 Å². The predicted molar refractivity (Wildman–Crippen MR) is 80.4 cm³/mol. The Morgan fingerprint density at radius 2 is 2.00 bits per heavy atom. The van der Waals surface area contributed by atoms with Crippen LogP contribution in [-0.4, -0.2) is 22.5 Å². The SMILES string of the molecule is CCCN(Cc1ccccc1)C(=O)Nc1cccnc1. The van der Waals surface area contributed by atoms with E-state index in [9.17, 15) is 4.79 Å². The van der Waals surface area contributed by atoms with Crippen molar-refractivity contribution in [2.45, 2.75) is 19.9 Å². The maximum atomic E-state index is 12.3. The number of benzene rings is 1. The molecule has 0 aliphatic carbocycles. The summed E-state index contributed by atoms with van der Waals surface area (Å²) in [6, 6.07) is 13.5. The van der Waals surface area contributed by atoms with Crippen molar-refractivity contribution in [1.29, 1.82) is 0 Å². The number of amides is 2. The summed E-state index contributed by atoms with van der Waals surface area (Å²) in [6.07, 6.45) is 4.25. The smallest absolute Gasteiger partial charge is 0.320 e. The molecule has 1 aromatic heterocycles. The van der Waals surface area contributed by atoms with Crippen molar-refractivity contribution in [3.05, 3.63) is 60.4 Å². The Balaban J connectivity index is 2.02. The van der Waals surface area contributed by atoms with E-state index >= 15 is 0 Å². The molecule has 2 rings (SSSR count). The van der Waals surface area contributed by atoms with Crippen LogP contribution in [0.4, 0.5) is 10.5 Å². The largest absolute Gasteiger partial charge is 0.322 e. The second-order valence-electron chi connectivity index (χ2n) is 4.58. The molecule has 0 bridgehead atoms. The van der Waals surface area contributed by atoms with Gasteiger partial charge in [-0.2, -0.15) is 0 Å². The number of urea groups is 1. The van der Waals surface area contributed by atoms with Gasteiger partial charge in [0.25, 0.3) is 0 Å². The lowest BCUT2D eigenvalue weighted by Gasteiger charge is -2.22. The van der Waals surface area contributed by atoms with Crippen molar-refractivity contribution < 1.29 is 4.79 Å². The van der Waals surface area contributed by atoms with E-state index in [1.54, 1.807) is 18.5 Å². The van der Waals surface area contributed by atoms with Gasteiger partial charge < -0.3 is 10.2 Å². The van der Waals surface area contributed by atoms with Crippen LogP contribution in [0.1, 0.15) is 18.9 Å². The highest BCUT2D eigenvalue weighted by molar-refractivity contribution is 5.89. The zero-order valence-electron chi connectivity index (χ0n) is 11.6. The Morgan fingerprint density at radius 1 is 1.20 bits per heavy atom. The first-order valence-electron chi connectivity index (χ1n) is 6.79. The van der Waals surface area contributed by atoms with Crippen LogP contribution in [0.25, 0.3) is 0 Å². The molecule has 4 nitrogen and oxygen atoms in total. The van der Waals surface area contributed by atoms with E-state index in [4.69, 9.17) is 0 Å². The van der Waals surface area contributed by atoms with E-state index in [0.717, 1.165) is 18.5 Å². The minimum absolute atomic E-state index is 0.0938. The Morgan fingerprint density at radius 3 is 2.65 bits per heavy atom. The number of nitrogens with one attached hydrogen (secondary N) is 1. The third-order valence-electron chi connectivity index (χ3n) is 2.91. The molecule has 0 aliphatic heterocycles. The van der Waals surface area contributed by atoms with Gasteiger partial charge >= 0.3 is 6.03 Å². The number of nitrogens with zero attached hydrogens (tertiary/aromatic N) is 2. The van der Waals surface area contributed by atoms with Gasteiger partial charge in [-0.1, -0.05) is 37.3 Å². The minimum Gasteiger partial charge on any atom is -0.320 e. The van der Waals surface area contributed by atoms with Crippen LogP contribution in [0.15, 0.2) is 54.9 Å². The minimum atomic E-state index is -0.0938. The van der Waals surface area contributed by atoms with Crippen LogP contribution >= 0.6 is 0 Å². The monoisotopic (exact) mass is 269 g/mol. The highest BCUT2D eigenvalue weighted by Crippen LogP contribution is 2.09. The first kappa shape index (κ1) is 14.1. The highest BCUT2D eigenvalue weighted by Gasteiger charge is 2.13. The average molecular weight is 269 g/mol. The summed E-state index contributed by atoms with van der Waals surface area (Å²) in [5, 5.41) is 2.87. The Labute approximate surface area is 119 Å². The van der Waals surface area contributed by atoms with Crippen LogP contribution in [0, 0.1) is 0 Å². The van der Waals surface area contributed by atoms with E-state index in [1.807, 2.05) is 41.3 Å². The molecule has 0 saturated carbocycles. The first-order valence-corrected chi connectivity index (χ1v) is 6.79. The molecule has 2 aromatic rings. The summed E-state index contributed by atoms with van der Waals surface area (Å²) < 4.78 is 0. The predicted octanol–water partition coefficient (Wildman–Crippen LogP) is 3.53. The fourth-order valence-electron chi connectivity index (χ4n) is 1.97. The van der Waals surface area contributed by atoms with Crippen molar-refractivity contribution in [2.24, 2.45) is 0 Å². The molecule has 0 saturated heterocycles. The van der Waals surface area contributed by atoms with E-state index < -0.39 is 0 Å². The van der Waals surface area contributed by atoms with Gasteiger partial charge in [-0.25, -0.2) is 4.79 Å². The normalized spacial score (nSPS) is 10.1. The fraction of sp³-hybridized carbons (Fsp3) is 0.250. The van der Waals surface area contributed by atoms with E-state index in [2.05, 4.69) is 17.2 Å². The van der Waals surface area contributed by atoms with Crippen LogP contribution in [0.3, 0.4) is 0 Å². The molecule has 104 valence electrons. The van der Waals surface area contributed by atoms with Gasteiger partial charge in [0.05, 0.1) is 11.9 Å². The summed E-state index contributed by atoms with van der Waals surface area (Å²) in [5.74, 6) is 0. The van der Waals surface area contributed by atoms with Gasteiger partial charge in [0, 0.05) is 19.3 Å². The summed E-state index contributed by atoms with van der Waals surface area (Å²) in [5.41, 5.74) is 1.84. The lowest BCUT2D eigenvalue weighted by molar-refractivity contribution is 0.209. The molecular formula is C16H19N3O. The van der Waals surface area contributed by atoms with E-state index in [-0.39, 0.29) is 6.03 Å². The van der Waals surface area contributed by atoms with Gasteiger partial charge in [0.1, 0.15) is 0 Å². The lowest BCUT2D eigenvalue weighted by Crippen LogP contribution is -2.35. The number of carbonyl (C=O) groups is 1. The zero-order chi connectivity index (χ0) is 14.2. The molecule has 1 aromatic carbocycles. The van der Waals surface area contributed by atoms with Crippen molar-refractivity contribution in [3.8, 4) is 0 Å². The third-order valence-corrected chi connectivity index (χ3v) is 2.91. The van der Waals surface area contributed by atoms with Gasteiger partial charge in [-0.3, -0.25) is 4.98 Å². The Bertz CT molecular complexity index is 528. The Hall–Kier alpha value is -2.36. The quantitative estimate of drug-likeness (QED) is 0.902. The molecule has 4 heteroatoms. The van der Waals surface area contributed by atoms with Crippen molar-refractivity contribution in [2.75, 3.05) is 11.9 Å². The molecule has 0 radical (unpaired) electrons. The number of pyridine rings is 1. The number of aromatic nitrogens is 1. The highest BCUT2D eigenvalue weighted by atomic mass is 16.2. The molecule has 0 unspecified atom stereocenters. The number of rotatable bonds is 5. The maximum Gasteiger partial charge on any atom is 0.322 e. The van der Waals surface area contributed by atoms with Crippen LogP contribution in [-0.2, 0) is 6.54 Å². The number of carbonyl (C=O) groups excluding carboxylic acids is 1. The number of hydrogen-bond acceptors (Lipinski definition) is 2. The van der Waals surface area contributed by atoms with E-state index in [1.165, 1.54) is 0 Å². The molecule has 0 spiro atoms. The standard InChI is InChI=1S/C16H19N3O/c1-2-11-19(13-14-7-4-3-5-8-14)16(20)18-15-9-6-10-17-12-15/h3-10,12H,2,11,13H2,1H3,(H,18,20). The second kappa shape index (κ2) is 7.28. The van der Waals surface area contributed by atoms with Crippen LogP contribution in [0.2, 0.25) is 0 Å². The van der Waals surface area contributed by atoms with Crippen molar-refractivity contribution in [3.63, 3.8) is 0 Å². The molecule has 0 atom stereocenters. The molecule has 0 fully saturated rings. The summed E-state index contributed by atoms with van der Waals surface area (Å²) in [6.45, 7) is 3.40. The van der Waals surface area contributed by atoms with Gasteiger partial charge in [0.15, 0.2) is 0 Å². The molecule has 20 heavy (non-hydrogen) atoms. The zero-order valence-corrected chi connectivity index (χ0v) is 11.6. The molecule has 1 heterocycles. The van der Waals surface area contributed by atoms with Gasteiger partial charge in [-0.15, -0.1) is 0 Å². The lowest BCUT2D eigenvalue weighted by atomic mass is 10.2. The second-order valence-corrected chi connectivity index (χ2v) is 4.58. The average Bonchev–Trinajstić information content (AvgIpc) is 2.49. The molecule has 0 aliphatic rings. The Kier molecular flexibility index (Phi) is 5.12. The fourth-order valence-corrected chi connectivity index (χ4v) is 1.97. The molecular weight excluding hydrogens is 250 g/mol. The van der Waals surface area contributed by atoms with Gasteiger partial charge in [-0.05, 0) is 24.1 Å². The topological polar surface area (TPSA) is 45.2 Å². The third kappa shape index (κ3) is 4.09. The van der Waals surface area contributed by atoms with Gasteiger partial charge in [0.2, 0.25) is 0 Å². The van der Waals surface area contributed by atoms with E-state index in [0.29, 0.717) is 12.2 Å². The van der Waals surface area contributed by atoms with Crippen LogP contribution < -0.4 is 5.32 Å². The number of hydrogen-bond donors (Lipinski definition) is 1.